The minimum absolute atomic E-state index is 0.277. The Kier molecular flexibility index (Phi) is 4.60. The first-order chi connectivity index (χ1) is 13.9. The zero-order valence-electron chi connectivity index (χ0n) is 17.9. The van der Waals surface area contributed by atoms with Crippen LogP contribution in [0.3, 0.4) is 0 Å². The van der Waals surface area contributed by atoms with E-state index in [1.807, 2.05) is 18.2 Å². The van der Waals surface area contributed by atoms with Crippen LogP contribution < -0.4 is 0 Å². The zero-order chi connectivity index (χ0) is 20.4. The molecule has 6 heteroatoms. The molecule has 1 N–H and O–H groups in total. The monoisotopic (exact) mass is 416 g/mol. The van der Waals surface area contributed by atoms with Gasteiger partial charge < -0.3 is 0 Å². The van der Waals surface area contributed by atoms with E-state index in [-0.39, 0.29) is 12.1 Å². The summed E-state index contributed by atoms with van der Waals surface area (Å²) in [6.07, 6.45) is 0. The van der Waals surface area contributed by atoms with Crippen LogP contribution >= 0.6 is 7.36 Å². The fourth-order valence-electron chi connectivity index (χ4n) is 5.66. The minimum atomic E-state index is -3.59. The number of hydrogen-bond donors (Lipinski definition) is 1. The maximum atomic E-state index is 12.0. The van der Waals surface area contributed by atoms with Crippen molar-refractivity contribution in [1.29, 1.82) is 0 Å². The Bertz CT molecular complexity index is 901. The van der Waals surface area contributed by atoms with Gasteiger partial charge in [0.2, 0.25) is 0 Å². The van der Waals surface area contributed by atoms with Crippen LogP contribution in [0.15, 0.2) is 42.5 Å². The fourth-order valence-corrected chi connectivity index (χ4v) is 11.7. The Balaban J connectivity index is 1.66. The van der Waals surface area contributed by atoms with Crippen molar-refractivity contribution in [2.45, 2.75) is 45.6 Å². The number of aliphatic hydroxyl groups is 1. The summed E-state index contributed by atoms with van der Waals surface area (Å²) in [5.74, 6) is 0.101. The molecule has 0 amide bonds. The van der Waals surface area contributed by atoms with Crippen molar-refractivity contribution >= 4 is 18.1 Å². The van der Waals surface area contributed by atoms with Gasteiger partial charge in [-0.1, -0.05) is 0 Å². The Morgan fingerprint density at radius 2 is 1.41 bits per heavy atom. The average Bonchev–Trinajstić information content (AvgIpc) is 3.32. The number of fused-ring (bicyclic) bond motifs is 1. The van der Waals surface area contributed by atoms with Gasteiger partial charge in [-0.2, -0.15) is 0 Å². The fraction of sp³-hybridized carbons (Fsp3) is 0.565. The molecule has 29 heavy (non-hydrogen) atoms. The van der Waals surface area contributed by atoms with Crippen molar-refractivity contribution < 1.29 is 14.2 Å². The molecule has 3 atom stereocenters. The topological polar surface area (TPSA) is 45.2 Å². The van der Waals surface area contributed by atoms with Gasteiger partial charge in [0.1, 0.15) is 0 Å². The number of rotatable bonds is 4. The van der Waals surface area contributed by atoms with Crippen LogP contribution in [-0.2, 0) is 9.05 Å². The van der Waals surface area contributed by atoms with Gasteiger partial charge in [-0.15, -0.1) is 0 Å². The van der Waals surface area contributed by atoms with E-state index in [1.54, 1.807) is 0 Å². The summed E-state index contributed by atoms with van der Waals surface area (Å²) in [6, 6.07) is 15.1. The summed E-state index contributed by atoms with van der Waals surface area (Å²) in [7, 11) is -3.59. The van der Waals surface area contributed by atoms with Crippen molar-refractivity contribution in [1.82, 2.24) is 9.34 Å². The molecule has 0 bridgehead atoms. The van der Waals surface area contributed by atoms with Gasteiger partial charge in [0, 0.05) is 0 Å². The third kappa shape index (κ3) is 2.49. The van der Waals surface area contributed by atoms with Gasteiger partial charge in [0.15, 0.2) is 0 Å². The summed E-state index contributed by atoms with van der Waals surface area (Å²) >= 11 is 0. The van der Waals surface area contributed by atoms with Gasteiger partial charge >= 0.3 is 173 Å². The summed E-state index contributed by atoms with van der Waals surface area (Å²) in [5.41, 5.74) is 0.895. The number of benzene rings is 2. The molecule has 3 fully saturated rings. The molecule has 3 heterocycles. The van der Waals surface area contributed by atoms with E-state index < -0.39 is 13.2 Å². The molecule has 1 spiro atoms. The Morgan fingerprint density at radius 3 is 1.97 bits per heavy atom. The molecule has 5 rings (SSSR count). The predicted molar refractivity (Wildman–Crippen MR) is 118 cm³/mol. The molecular formula is C23H33N2O3P. The first kappa shape index (κ1) is 19.9. The van der Waals surface area contributed by atoms with Crippen molar-refractivity contribution in [3.8, 4) is 0 Å². The normalized spacial score (nSPS) is 31.1. The van der Waals surface area contributed by atoms with Crippen LogP contribution in [0.25, 0.3) is 10.8 Å². The molecule has 0 unspecified atom stereocenters. The van der Waals surface area contributed by atoms with E-state index in [9.17, 15) is 5.11 Å². The van der Waals surface area contributed by atoms with Crippen LogP contribution in [0, 0.1) is 11.8 Å². The number of nitrogens with zero attached hydrogens (tertiary/aromatic N) is 2. The van der Waals surface area contributed by atoms with E-state index in [0.717, 1.165) is 24.0 Å². The van der Waals surface area contributed by atoms with Gasteiger partial charge in [-0.05, 0) is 0 Å². The van der Waals surface area contributed by atoms with E-state index in [1.165, 1.54) is 5.39 Å². The maximum absolute atomic E-state index is 12.0. The second-order valence-electron chi connectivity index (χ2n) is 9.45. The quantitative estimate of drug-likeness (QED) is 0.728. The Hall–Kier alpha value is -1.07. The third-order valence-corrected chi connectivity index (χ3v) is 12.6. The summed E-state index contributed by atoms with van der Waals surface area (Å²) in [5, 5.41) is 14.3. The SMILES string of the molecule is CC(C)[C@H]1COP23([C@@H](O)c4ccc5ccccc5c4)OC[C@H](C(C)C)N2CCN13. The van der Waals surface area contributed by atoms with E-state index in [2.05, 4.69) is 61.3 Å². The Morgan fingerprint density at radius 1 is 0.862 bits per heavy atom. The van der Waals surface area contributed by atoms with Crippen molar-refractivity contribution in [2.24, 2.45) is 11.8 Å². The molecule has 0 aromatic heterocycles. The second-order valence-corrected chi connectivity index (χ2v) is 13.4. The summed E-state index contributed by atoms with van der Waals surface area (Å²) in [4.78, 5) is 0. The molecular weight excluding hydrogens is 383 g/mol. The summed E-state index contributed by atoms with van der Waals surface area (Å²) < 4.78 is 18.4. The van der Waals surface area contributed by atoms with Crippen molar-refractivity contribution in [3.63, 3.8) is 0 Å². The molecule has 2 aromatic carbocycles. The average molecular weight is 417 g/mol. The zero-order valence-corrected chi connectivity index (χ0v) is 18.8. The standard InChI is InChI=1S/C23H33N2O3P/c1-16(2)21-14-27-29(24(21)11-12-25(29)22(15-28-29)17(3)4)23(26)20-10-9-18-7-5-6-8-19(18)13-20/h5-10,13,16-17,21-23,26H,11-12,14-15H2,1-4H3/t21-,22-,23-/m1/s1. The predicted octanol–water partition coefficient (Wildman–Crippen LogP) is 4.77. The van der Waals surface area contributed by atoms with E-state index in [4.69, 9.17) is 9.05 Å². The first-order valence-corrected chi connectivity index (χ1v) is 13.0. The van der Waals surface area contributed by atoms with E-state index in [0.29, 0.717) is 25.0 Å². The summed E-state index contributed by atoms with van der Waals surface area (Å²) in [6.45, 7) is 12.0. The molecule has 0 radical (unpaired) electrons. The number of hydrogen-bond acceptors (Lipinski definition) is 5. The van der Waals surface area contributed by atoms with Gasteiger partial charge in [-0.3, -0.25) is 0 Å². The molecule has 0 saturated carbocycles. The second kappa shape index (κ2) is 6.71. The molecule has 3 saturated heterocycles. The third-order valence-electron chi connectivity index (χ3n) is 7.27. The Labute approximate surface area is 173 Å². The van der Waals surface area contributed by atoms with Crippen molar-refractivity contribution in [3.05, 3.63) is 48.0 Å². The molecule has 3 aliphatic heterocycles. The van der Waals surface area contributed by atoms with Crippen LogP contribution in [0.2, 0.25) is 0 Å². The first-order valence-electron chi connectivity index (χ1n) is 10.9. The van der Waals surface area contributed by atoms with Crippen LogP contribution in [0.1, 0.15) is 39.1 Å². The molecule has 0 aliphatic carbocycles. The van der Waals surface area contributed by atoms with Crippen LogP contribution in [-0.4, -0.2) is 52.8 Å². The van der Waals surface area contributed by atoms with Gasteiger partial charge in [-0.25, -0.2) is 0 Å². The van der Waals surface area contributed by atoms with E-state index >= 15 is 0 Å². The van der Waals surface area contributed by atoms with Gasteiger partial charge in [0.05, 0.1) is 0 Å². The van der Waals surface area contributed by atoms with Crippen molar-refractivity contribution in [2.75, 3.05) is 26.3 Å². The van der Waals surface area contributed by atoms with Crippen LogP contribution in [0.4, 0.5) is 0 Å². The van der Waals surface area contributed by atoms with Crippen LogP contribution in [0.5, 0.6) is 0 Å². The molecule has 158 valence electrons. The van der Waals surface area contributed by atoms with Gasteiger partial charge in [0.25, 0.3) is 0 Å². The molecule has 2 aromatic rings. The molecule has 5 nitrogen and oxygen atoms in total. The number of aliphatic hydroxyl groups excluding tert-OH is 1. The molecule has 3 aliphatic rings.